The lowest BCUT2D eigenvalue weighted by Crippen LogP contribution is -2.52. The van der Waals surface area contributed by atoms with Crippen molar-refractivity contribution >= 4 is 16.1 Å². The Morgan fingerprint density at radius 2 is 1.91 bits per heavy atom. The number of benzene rings is 1. The van der Waals surface area contributed by atoms with Gasteiger partial charge in [-0.15, -0.1) is 0 Å². The Labute approximate surface area is 191 Å². The number of nitrogens with zero attached hydrogens (tertiary/aromatic N) is 3. The Bertz CT molecular complexity index is 1100. The van der Waals surface area contributed by atoms with E-state index in [0.717, 1.165) is 30.7 Å². The number of carbonyl (C=O) groups is 1. The lowest BCUT2D eigenvalue weighted by Gasteiger charge is -2.38. The number of likely N-dealkylation sites (tertiary alicyclic amines) is 1. The molecule has 1 aromatic heterocycles. The molecule has 182 valence electrons. The van der Waals surface area contributed by atoms with E-state index in [1.807, 2.05) is 22.9 Å². The van der Waals surface area contributed by atoms with Gasteiger partial charge in [0.1, 0.15) is 0 Å². The highest BCUT2D eigenvalue weighted by Gasteiger charge is 2.35. The van der Waals surface area contributed by atoms with Crippen LogP contribution in [-0.2, 0) is 41.1 Å². The Hall–Kier alpha value is -2.44. The highest BCUT2D eigenvalue weighted by molar-refractivity contribution is 7.88. The summed E-state index contributed by atoms with van der Waals surface area (Å²) in [7, 11) is -0.586. The Balaban J connectivity index is 1.72. The molecule has 12 heteroatoms. The quantitative estimate of drug-likeness (QED) is 0.625. The zero-order chi connectivity index (χ0) is 24.4. The maximum Gasteiger partial charge on any atom is 0.416 e. The molecule has 3 rings (SSSR count). The summed E-state index contributed by atoms with van der Waals surface area (Å²) >= 11 is 0. The van der Waals surface area contributed by atoms with Crippen LogP contribution in [0.3, 0.4) is 0 Å². The molecule has 0 radical (unpaired) electrons. The summed E-state index contributed by atoms with van der Waals surface area (Å²) in [5.74, 6) is -0.911. The van der Waals surface area contributed by atoms with E-state index < -0.39 is 40.3 Å². The molecule has 0 spiro atoms. The van der Waals surface area contributed by atoms with Crippen molar-refractivity contribution in [3.8, 4) is 0 Å². The van der Waals surface area contributed by atoms with Crippen LogP contribution in [-0.4, -0.2) is 48.6 Å². The number of nitrogens with one attached hydrogen (secondary N) is 2. The zero-order valence-electron chi connectivity index (χ0n) is 18.7. The van der Waals surface area contributed by atoms with Gasteiger partial charge in [0.2, 0.25) is 5.91 Å². The predicted octanol–water partition coefficient (Wildman–Crippen LogP) is 2.33. The fraction of sp³-hybridized carbons (Fsp3) is 0.524. The van der Waals surface area contributed by atoms with Gasteiger partial charge in [-0.05, 0) is 56.1 Å². The van der Waals surface area contributed by atoms with Crippen molar-refractivity contribution in [1.29, 1.82) is 0 Å². The first kappa shape index (κ1) is 25.2. The summed E-state index contributed by atoms with van der Waals surface area (Å²) < 4.78 is 70.9. The Morgan fingerprint density at radius 1 is 1.21 bits per heavy atom. The van der Waals surface area contributed by atoms with E-state index in [0.29, 0.717) is 18.4 Å². The second-order valence-corrected chi connectivity index (χ2v) is 9.78. The van der Waals surface area contributed by atoms with Crippen molar-refractivity contribution < 1.29 is 26.4 Å². The zero-order valence-corrected chi connectivity index (χ0v) is 19.5. The largest absolute Gasteiger partial charge is 0.416 e. The van der Waals surface area contributed by atoms with Crippen LogP contribution in [0.5, 0.6) is 0 Å². The molecule has 1 fully saturated rings. The highest BCUT2D eigenvalue weighted by Crippen LogP contribution is 2.31. The normalized spacial score (nSPS) is 20.1. The first-order chi connectivity index (χ1) is 15.4. The smallest absolute Gasteiger partial charge is 0.298 e. The van der Waals surface area contributed by atoms with Crippen molar-refractivity contribution in [2.75, 3.05) is 13.6 Å². The minimum Gasteiger partial charge on any atom is -0.298 e. The minimum atomic E-state index is -4.56. The van der Waals surface area contributed by atoms with Crippen LogP contribution in [0.25, 0.3) is 0 Å². The fourth-order valence-corrected chi connectivity index (χ4v) is 5.28. The minimum absolute atomic E-state index is 0.0972. The molecule has 2 atom stereocenters. The van der Waals surface area contributed by atoms with Crippen molar-refractivity contribution in [3.63, 3.8) is 0 Å². The second-order valence-electron chi connectivity index (χ2n) is 8.33. The lowest BCUT2D eigenvalue weighted by atomic mass is 9.93. The highest BCUT2D eigenvalue weighted by atomic mass is 32.2. The van der Waals surface area contributed by atoms with Crippen LogP contribution < -0.4 is 9.44 Å². The van der Waals surface area contributed by atoms with Gasteiger partial charge in [0.15, 0.2) is 0 Å². The van der Waals surface area contributed by atoms with Crippen LogP contribution in [0.15, 0.2) is 30.6 Å². The summed E-state index contributed by atoms with van der Waals surface area (Å²) in [6.07, 6.45) is 0.109. The molecule has 1 saturated heterocycles. The van der Waals surface area contributed by atoms with Crippen molar-refractivity contribution in [2.24, 2.45) is 7.05 Å². The van der Waals surface area contributed by atoms with Crippen LogP contribution >= 0.6 is 0 Å². The van der Waals surface area contributed by atoms with Crippen molar-refractivity contribution in [1.82, 2.24) is 24.1 Å². The van der Waals surface area contributed by atoms with E-state index in [1.165, 1.54) is 6.07 Å². The number of aromatic nitrogens is 2. The van der Waals surface area contributed by atoms with E-state index in [9.17, 15) is 26.4 Å². The van der Waals surface area contributed by atoms with E-state index >= 15 is 0 Å². The van der Waals surface area contributed by atoms with E-state index in [-0.39, 0.29) is 11.6 Å². The maximum absolute atomic E-state index is 13.1. The number of halogens is 3. The molecule has 1 amide bonds. The first-order valence-electron chi connectivity index (χ1n) is 10.6. The van der Waals surface area contributed by atoms with Crippen molar-refractivity contribution in [2.45, 2.75) is 50.9 Å². The van der Waals surface area contributed by atoms with Crippen LogP contribution in [0.1, 0.15) is 48.1 Å². The average Bonchev–Trinajstić information content (AvgIpc) is 3.11. The van der Waals surface area contributed by atoms with Gasteiger partial charge < -0.3 is 0 Å². The molecule has 8 nitrogen and oxygen atoms in total. The number of rotatable bonds is 7. The molecule has 2 heterocycles. The molecular formula is C21H28F3N5O3S. The number of hydrogen-bond donors (Lipinski definition) is 2. The molecule has 1 aliphatic rings. The van der Waals surface area contributed by atoms with Crippen LogP contribution in [0, 0.1) is 0 Å². The average molecular weight is 488 g/mol. The van der Waals surface area contributed by atoms with Gasteiger partial charge in [0.05, 0.1) is 24.2 Å². The molecule has 2 unspecified atom stereocenters. The topological polar surface area (TPSA) is 96.3 Å². The monoisotopic (exact) mass is 487 g/mol. The van der Waals surface area contributed by atoms with Crippen molar-refractivity contribution in [3.05, 3.63) is 52.8 Å². The van der Waals surface area contributed by atoms with Gasteiger partial charge in [-0.25, -0.2) is 4.72 Å². The maximum atomic E-state index is 13.1. The molecule has 1 aliphatic heterocycles. The van der Waals surface area contributed by atoms with Gasteiger partial charge in [-0.3, -0.25) is 14.4 Å². The molecule has 2 aromatic rings. The Kier molecular flexibility index (Phi) is 7.49. The number of piperidine rings is 1. The molecule has 2 N–H and O–H groups in total. The third kappa shape index (κ3) is 6.55. The van der Waals surface area contributed by atoms with Gasteiger partial charge in [0, 0.05) is 24.8 Å². The standard InChI is InChI=1S/C21H28F3N5O3S/c1-4-14-8-15(10-17(9-14)21(22,23)24)11-19(30)27-33(31,32)26-18-6-5-7-28(2)20(18)16-12-25-29(3)13-16/h8-10,12-13,18,20,26H,4-7,11H2,1-3H3,(H,27,30). The van der Waals surface area contributed by atoms with E-state index in [1.54, 1.807) is 24.9 Å². The Morgan fingerprint density at radius 3 is 2.52 bits per heavy atom. The number of amides is 1. The van der Waals surface area contributed by atoms with Gasteiger partial charge >= 0.3 is 16.4 Å². The summed E-state index contributed by atoms with van der Waals surface area (Å²) in [4.78, 5) is 14.4. The number of hydrogen-bond acceptors (Lipinski definition) is 5. The molecule has 1 aromatic carbocycles. The molecule has 33 heavy (non-hydrogen) atoms. The number of alkyl halides is 3. The predicted molar refractivity (Wildman–Crippen MR) is 116 cm³/mol. The summed E-state index contributed by atoms with van der Waals surface area (Å²) in [6, 6.07) is 2.60. The third-order valence-electron chi connectivity index (χ3n) is 5.66. The third-order valence-corrected chi connectivity index (χ3v) is 6.77. The fourth-order valence-electron chi connectivity index (χ4n) is 4.20. The summed E-state index contributed by atoms with van der Waals surface area (Å²) in [5, 5.41) is 4.15. The molecule has 0 bridgehead atoms. The molecule has 0 saturated carbocycles. The molecule has 0 aliphatic carbocycles. The molecular weight excluding hydrogens is 459 g/mol. The first-order valence-corrected chi connectivity index (χ1v) is 12.1. The van der Waals surface area contributed by atoms with E-state index in [4.69, 9.17) is 0 Å². The van der Waals surface area contributed by atoms with Gasteiger partial charge in [0.25, 0.3) is 0 Å². The second kappa shape index (κ2) is 9.82. The number of aryl methyl sites for hydroxylation is 2. The lowest BCUT2D eigenvalue weighted by molar-refractivity contribution is -0.137. The number of likely N-dealkylation sites (N-methyl/N-ethyl adjacent to an activating group) is 1. The summed E-state index contributed by atoms with van der Waals surface area (Å²) in [5.41, 5.74) is 0.489. The van der Waals surface area contributed by atoms with Gasteiger partial charge in [-0.2, -0.15) is 31.4 Å². The van der Waals surface area contributed by atoms with Gasteiger partial charge in [-0.1, -0.05) is 13.0 Å². The van der Waals surface area contributed by atoms with E-state index in [2.05, 4.69) is 9.82 Å². The SMILES string of the molecule is CCc1cc(CC(=O)NS(=O)(=O)NC2CCCN(C)C2c2cnn(C)c2)cc(C(F)(F)F)c1. The van der Waals surface area contributed by atoms with Crippen LogP contribution in [0.2, 0.25) is 0 Å². The number of carbonyl (C=O) groups excluding carboxylic acids is 1. The summed E-state index contributed by atoms with van der Waals surface area (Å²) in [6.45, 7) is 2.48. The van der Waals surface area contributed by atoms with Crippen LogP contribution in [0.4, 0.5) is 13.2 Å².